The number of rotatable bonds is 9. The lowest BCUT2D eigenvalue weighted by Gasteiger charge is -2.47. The molecule has 0 spiro atoms. The Morgan fingerprint density at radius 1 is 1.41 bits per heavy atom. The highest BCUT2D eigenvalue weighted by molar-refractivity contribution is 6.31. The van der Waals surface area contributed by atoms with E-state index in [0.717, 1.165) is 29.5 Å². The Labute approximate surface area is 206 Å². The van der Waals surface area contributed by atoms with Gasteiger partial charge in [-0.3, -0.25) is 9.69 Å². The minimum absolute atomic E-state index is 0.0981. The van der Waals surface area contributed by atoms with Gasteiger partial charge in [0.25, 0.3) is 0 Å². The van der Waals surface area contributed by atoms with E-state index in [0.29, 0.717) is 24.4 Å². The van der Waals surface area contributed by atoms with Crippen molar-refractivity contribution in [1.82, 2.24) is 10.2 Å². The summed E-state index contributed by atoms with van der Waals surface area (Å²) >= 11 is 6.68. The number of aryl methyl sites for hydroxylation is 1. The van der Waals surface area contributed by atoms with Crippen LogP contribution in [0.15, 0.2) is 35.1 Å². The van der Waals surface area contributed by atoms with Gasteiger partial charge in [0.15, 0.2) is 0 Å². The summed E-state index contributed by atoms with van der Waals surface area (Å²) in [5.74, 6) is -1.03. The maximum Gasteiger partial charge on any atom is 0.322 e. The number of carboxylic acids is 1. The molecule has 1 fully saturated rings. The van der Waals surface area contributed by atoms with Crippen LogP contribution >= 0.6 is 11.6 Å². The number of carbonyl (C=O) groups excluding carboxylic acids is 1. The first kappa shape index (κ1) is 25.9. The molecule has 2 N–H and O–H groups in total. The molecule has 1 aliphatic heterocycles. The summed E-state index contributed by atoms with van der Waals surface area (Å²) in [5, 5.41) is 16.7. The van der Waals surface area contributed by atoms with Crippen molar-refractivity contribution in [3.05, 3.63) is 56.6 Å². The molecule has 2 aliphatic rings. The number of benzene rings is 1. The van der Waals surface area contributed by atoms with Gasteiger partial charge in [0.05, 0.1) is 11.5 Å². The molecule has 0 unspecified atom stereocenters. The number of azide groups is 1. The first-order chi connectivity index (χ1) is 15.9. The van der Waals surface area contributed by atoms with E-state index in [2.05, 4.69) is 43.0 Å². The third-order valence-electron chi connectivity index (χ3n) is 7.19. The van der Waals surface area contributed by atoms with E-state index in [4.69, 9.17) is 17.1 Å². The molecule has 8 nitrogen and oxygen atoms in total. The largest absolute Gasteiger partial charge is 0.481 e. The second kappa shape index (κ2) is 9.88. The monoisotopic (exact) mass is 487 g/mol. The fourth-order valence-corrected chi connectivity index (χ4v) is 5.05. The van der Waals surface area contributed by atoms with Crippen molar-refractivity contribution < 1.29 is 14.7 Å². The van der Waals surface area contributed by atoms with Crippen LogP contribution in [0.2, 0.25) is 5.02 Å². The van der Waals surface area contributed by atoms with Gasteiger partial charge in [-0.1, -0.05) is 56.5 Å². The Morgan fingerprint density at radius 3 is 2.65 bits per heavy atom. The molecule has 1 atom stereocenters. The first-order valence-corrected chi connectivity index (χ1v) is 12.1. The minimum atomic E-state index is -0.803. The Hall–Kier alpha value is -2.70. The molecule has 0 radical (unpaired) electrons. The van der Waals surface area contributed by atoms with E-state index in [1.807, 2.05) is 31.3 Å². The summed E-state index contributed by atoms with van der Waals surface area (Å²) in [6.07, 6.45) is 4.43. The van der Waals surface area contributed by atoms with Gasteiger partial charge < -0.3 is 10.4 Å². The number of urea groups is 1. The van der Waals surface area contributed by atoms with Crippen LogP contribution in [0, 0.1) is 17.3 Å². The van der Waals surface area contributed by atoms with Crippen molar-refractivity contribution in [2.45, 2.75) is 71.9 Å². The summed E-state index contributed by atoms with van der Waals surface area (Å²) in [7, 11) is 0. The van der Waals surface area contributed by atoms with Crippen LogP contribution in [-0.2, 0) is 16.8 Å². The summed E-state index contributed by atoms with van der Waals surface area (Å²) in [5.41, 5.74) is 10.7. The lowest BCUT2D eigenvalue weighted by atomic mass is 9.76. The Bertz CT molecular complexity index is 1040. The highest BCUT2D eigenvalue weighted by Gasteiger charge is 2.45. The summed E-state index contributed by atoms with van der Waals surface area (Å²) in [4.78, 5) is 28.8. The quantitative estimate of drug-likeness (QED) is 0.243. The molecule has 34 heavy (non-hydrogen) atoms. The number of halogens is 1. The van der Waals surface area contributed by atoms with Gasteiger partial charge in [-0.05, 0) is 72.2 Å². The molecule has 0 bridgehead atoms. The molecule has 0 saturated heterocycles. The van der Waals surface area contributed by atoms with E-state index >= 15 is 0 Å². The summed E-state index contributed by atoms with van der Waals surface area (Å²) < 4.78 is 0. The summed E-state index contributed by atoms with van der Waals surface area (Å²) in [6.45, 7) is 10.7. The Morgan fingerprint density at radius 2 is 2.09 bits per heavy atom. The predicted octanol–water partition coefficient (Wildman–Crippen LogP) is 6.25. The van der Waals surface area contributed by atoms with Gasteiger partial charge >= 0.3 is 12.0 Å². The zero-order chi connectivity index (χ0) is 25.3. The SMILES string of the molecule is CC(C)C1=CN([C@H]2C[C@H](C(=O)O)C2)C(=O)N[C@@]1(C)c1ccc(CCC(C)(C)CN=[N+]=[N-])c(Cl)c1. The first-order valence-electron chi connectivity index (χ1n) is 11.7. The van der Waals surface area contributed by atoms with Crippen molar-refractivity contribution in [1.29, 1.82) is 0 Å². The van der Waals surface area contributed by atoms with Gasteiger partial charge in [0, 0.05) is 28.7 Å². The number of nitrogens with zero attached hydrogens (tertiary/aromatic N) is 4. The van der Waals surface area contributed by atoms with E-state index in [-0.39, 0.29) is 29.3 Å². The molecule has 184 valence electrons. The predicted molar refractivity (Wildman–Crippen MR) is 132 cm³/mol. The second-order valence-corrected chi connectivity index (χ2v) is 11.1. The molecule has 1 aliphatic carbocycles. The van der Waals surface area contributed by atoms with Crippen molar-refractivity contribution >= 4 is 23.6 Å². The standard InChI is InChI=1S/C25H34ClN5O3/c1-15(2)20-13-31(19-10-17(11-19)22(32)33)23(34)29-25(20,5)18-7-6-16(21(26)12-18)8-9-24(3,4)14-28-30-27/h6-7,12-13,15,17,19H,8-11,14H2,1-5H3,(H,29,34)(H,32,33)/t17-,19-,25-/m0/s1. The van der Waals surface area contributed by atoms with Crippen LogP contribution in [0.1, 0.15) is 65.0 Å². The van der Waals surface area contributed by atoms with Crippen LogP contribution in [0.5, 0.6) is 0 Å². The molecule has 9 heteroatoms. The molecule has 1 heterocycles. The zero-order valence-corrected chi connectivity index (χ0v) is 21.3. The topological polar surface area (TPSA) is 118 Å². The highest BCUT2D eigenvalue weighted by Crippen LogP contribution is 2.41. The highest BCUT2D eigenvalue weighted by atomic mass is 35.5. The average Bonchev–Trinajstić information content (AvgIpc) is 2.71. The van der Waals surface area contributed by atoms with E-state index in [9.17, 15) is 14.7 Å². The molecule has 0 aromatic heterocycles. The number of carbonyl (C=O) groups is 2. The fraction of sp³-hybridized carbons (Fsp3) is 0.600. The van der Waals surface area contributed by atoms with Crippen molar-refractivity contribution in [2.75, 3.05) is 6.54 Å². The number of hydrogen-bond donors (Lipinski definition) is 2. The Balaban J connectivity index is 1.83. The second-order valence-electron chi connectivity index (χ2n) is 10.7. The van der Waals surface area contributed by atoms with E-state index in [1.165, 1.54) is 0 Å². The molecule has 1 aromatic carbocycles. The number of hydrogen-bond acceptors (Lipinski definition) is 3. The molecule has 1 aromatic rings. The van der Waals surface area contributed by atoms with Gasteiger partial charge in [-0.15, -0.1) is 0 Å². The fourth-order valence-electron chi connectivity index (χ4n) is 4.78. The number of aliphatic carboxylic acids is 1. The van der Waals surface area contributed by atoms with Gasteiger partial charge in [-0.2, -0.15) is 0 Å². The van der Waals surface area contributed by atoms with Crippen LogP contribution in [0.4, 0.5) is 4.79 Å². The summed E-state index contributed by atoms with van der Waals surface area (Å²) in [6, 6.07) is 5.62. The van der Waals surface area contributed by atoms with Gasteiger partial charge in [-0.25, -0.2) is 4.79 Å². The average molecular weight is 488 g/mol. The van der Waals surface area contributed by atoms with E-state index in [1.54, 1.807) is 4.90 Å². The van der Waals surface area contributed by atoms with Crippen molar-refractivity contribution in [2.24, 2.45) is 22.4 Å². The normalized spacial score (nSPS) is 24.7. The number of carboxylic acid groups (broad SMARTS) is 1. The van der Waals surface area contributed by atoms with Crippen LogP contribution < -0.4 is 5.32 Å². The smallest absolute Gasteiger partial charge is 0.322 e. The van der Waals surface area contributed by atoms with Crippen LogP contribution in [0.25, 0.3) is 10.4 Å². The third kappa shape index (κ3) is 5.34. The van der Waals surface area contributed by atoms with E-state index < -0.39 is 11.5 Å². The Kier molecular flexibility index (Phi) is 7.53. The number of amides is 2. The lowest BCUT2D eigenvalue weighted by Crippen LogP contribution is -2.59. The number of nitrogens with one attached hydrogen (secondary N) is 1. The van der Waals surface area contributed by atoms with Gasteiger partial charge in [0.2, 0.25) is 0 Å². The van der Waals surface area contributed by atoms with Gasteiger partial charge in [0.1, 0.15) is 0 Å². The zero-order valence-electron chi connectivity index (χ0n) is 20.5. The van der Waals surface area contributed by atoms with Crippen LogP contribution in [-0.4, -0.2) is 34.6 Å². The molecular formula is C25H34ClN5O3. The lowest BCUT2D eigenvalue weighted by molar-refractivity contribution is -0.146. The molecule has 1 saturated carbocycles. The minimum Gasteiger partial charge on any atom is -0.481 e. The third-order valence-corrected chi connectivity index (χ3v) is 7.54. The maximum atomic E-state index is 13.1. The maximum absolute atomic E-state index is 13.1. The molecule has 2 amide bonds. The van der Waals surface area contributed by atoms with Crippen LogP contribution in [0.3, 0.4) is 0 Å². The molecular weight excluding hydrogens is 454 g/mol. The van der Waals surface area contributed by atoms with Crippen molar-refractivity contribution in [3.63, 3.8) is 0 Å². The molecule has 3 rings (SSSR count). The van der Waals surface area contributed by atoms with Crippen molar-refractivity contribution in [3.8, 4) is 0 Å².